The fraction of sp³-hybridized carbons (Fsp3) is 0.273. The van der Waals surface area contributed by atoms with Crippen molar-refractivity contribution in [3.8, 4) is 0 Å². The Labute approximate surface area is 114 Å². The van der Waals surface area contributed by atoms with E-state index in [1.54, 1.807) is 6.07 Å². The Morgan fingerprint density at radius 1 is 1.41 bits per heavy atom. The molecule has 0 saturated heterocycles. The minimum atomic E-state index is -0.147. The van der Waals surface area contributed by atoms with Crippen LogP contribution in [-0.2, 0) is 6.42 Å². The second kappa shape index (κ2) is 5.31. The van der Waals surface area contributed by atoms with E-state index in [4.69, 9.17) is 28.9 Å². The number of hydrogen-bond donors (Lipinski definition) is 1. The van der Waals surface area contributed by atoms with Crippen LogP contribution in [0.2, 0.25) is 10.0 Å². The third kappa shape index (κ3) is 2.77. The van der Waals surface area contributed by atoms with Crippen LogP contribution in [0, 0.1) is 6.92 Å². The molecule has 17 heavy (non-hydrogen) atoms. The highest BCUT2D eigenvalue weighted by Crippen LogP contribution is 2.29. The van der Waals surface area contributed by atoms with Crippen LogP contribution in [-0.4, -0.2) is 9.59 Å². The lowest BCUT2D eigenvalue weighted by molar-refractivity contribution is 0.728. The summed E-state index contributed by atoms with van der Waals surface area (Å²) in [4.78, 5) is 0.987. The normalized spacial score (nSPS) is 12.7. The Kier molecular flexibility index (Phi) is 3.99. The van der Waals surface area contributed by atoms with Crippen molar-refractivity contribution >= 4 is 34.7 Å². The second-order valence-electron chi connectivity index (χ2n) is 3.75. The van der Waals surface area contributed by atoms with Crippen LogP contribution in [0.5, 0.6) is 0 Å². The summed E-state index contributed by atoms with van der Waals surface area (Å²) in [6.45, 7) is 1.90. The van der Waals surface area contributed by atoms with Gasteiger partial charge in [-0.25, -0.2) is 0 Å². The van der Waals surface area contributed by atoms with Crippen LogP contribution in [0.4, 0.5) is 0 Å². The summed E-state index contributed by atoms with van der Waals surface area (Å²) < 4.78 is 3.88. The molecule has 6 heteroatoms. The number of nitrogens with zero attached hydrogens (tertiary/aromatic N) is 2. The predicted octanol–water partition coefficient (Wildman–Crippen LogP) is 3.40. The zero-order chi connectivity index (χ0) is 12.4. The predicted molar refractivity (Wildman–Crippen MR) is 71.7 cm³/mol. The first-order valence-corrected chi connectivity index (χ1v) is 6.60. The van der Waals surface area contributed by atoms with E-state index in [9.17, 15) is 0 Å². The maximum Gasteiger partial charge on any atom is 0.0772 e. The van der Waals surface area contributed by atoms with Crippen molar-refractivity contribution in [2.75, 3.05) is 0 Å². The van der Waals surface area contributed by atoms with Crippen LogP contribution in [0.15, 0.2) is 18.2 Å². The first-order valence-electron chi connectivity index (χ1n) is 5.07. The standard InChI is InChI=1S/C11H11Cl2N3S/c1-6-11(17-16-15-6)9(14)5-7-3-2-4-8(12)10(7)13/h2-4,9H,5,14H2,1H3. The van der Waals surface area contributed by atoms with E-state index in [1.807, 2.05) is 19.1 Å². The molecule has 0 spiro atoms. The second-order valence-corrected chi connectivity index (χ2v) is 5.32. The van der Waals surface area contributed by atoms with E-state index in [-0.39, 0.29) is 6.04 Å². The lowest BCUT2D eigenvalue weighted by Crippen LogP contribution is -2.13. The van der Waals surface area contributed by atoms with Crippen LogP contribution in [0.3, 0.4) is 0 Å². The van der Waals surface area contributed by atoms with E-state index in [2.05, 4.69) is 9.59 Å². The molecular formula is C11H11Cl2N3S. The minimum absolute atomic E-state index is 0.147. The molecule has 1 unspecified atom stereocenters. The Hall–Kier alpha value is -0.680. The molecule has 2 aromatic rings. The maximum atomic E-state index is 6.12. The molecule has 1 heterocycles. The van der Waals surface area contributed by atoms with Gasteiger partial charge in [0.25, 0.3) is 0 Å². The molecule has 0 aliphatic heterocycles. The summed E-state index contributed by atoms with van der Waals surface area (Å²) in [7, 11) is 0. The summed E-state index contributed by atoms with van der Waals surface area (Å²) in [5.41, 5.74) is 7.94. The zero-order valence-corrected chi connectivity index (χ0v) is 11.5. The fourth-order valence-corrected chi connectivity index (χ4v) is 2.65. The van der Waals surface area contributed by atoms with E-state index in [1.165, 1.54) is 11.5 Å². The van der Waals surface area contributed by atoms with Gasteiger partial charge in [-0.15, -0.1) is 5.10 Å². The highest BCUT2D eigenvalue weighted by molar-refractivity contribution is 7.05. The lowest BCUT2D eigenvalue weighted by atomic mass is 10.0. The van der Waals surface area contributed by atoms with Gasteiger partial charge in [-0.3, -0.25) is 0 Å². The van der Waals surface area contributed by atoms with Crippen molar-refractivity contribution in [3.05, 3.63) is 44.4 Å². The molecule has 0 aliphatic rings. The first kappa shape index (κ1) is 12.8. The zero-order valence-electron chi connectivity index (χ0n) is 9.15. The molecule has 0 aliphatic carbocycles. The molecule has 0 bridgehead atoms. The fourth-order valence-electron chi connectivity index (χ4n) is 1.61. The molecule has 0 radical (unpaired) electrons. The Morgan fingerprint density at radius 2 is 2.18 bits per heavy atom. The minimum Gasteiger partial charge on any atom is -0.323 e. The molecule has 1 aromatic carbocycles. The topological polar surface area (TPSA) is 51.8 Å². The third-order valence-corrected chi connectivity index (χ3v) is 4.31. The molecule has 0 amide bonds. The van der Waals surface area contributed by atoms with E-state index in [0.29, 0.717) is 16.5 Å². The summed E-state index contributed by atoms with van der Waals surface area (Å²) in [5.74, 6) is 0. The molecular weight excluding hydrogens is 277 g/mol. The largest absolute Gasteiger partial charge is 0.323 e. The molecule has 90 valence electrons. The maximum absolute atomic E-state index is 6.12. The number of aromatic nitrogens is 2. The van der Waals surface area contributed by atoms with Gasteiger partial charge in [-0.1, -0.05) is 39.8 Å². The number of halogens is 2. The first-order chi connectivity index (χ1) is 8.09. The summed E-state index contributed by atoms with van der Waals surface area (Å²) >= 11 is 13.4. The van der Waals surface area contributed by atoms with E-state index >= 15 is 0 Å². The van der Waals surface area contributed by atoms with Gasteiger partial charge < -0.3 is 5.73 Å². The molecule has 2 rings (SSSR count). The van der Waals surface area contributed by atoms with Gasteiger partial charge in [0.2, 0.25) is 0 Å². The van der Waals surface area contributed by atoms with Gasteiger partial charge in [0, 0.05) is 6.04 Å². The van der Waals surface area contributed by atoms with E-state index in [0.717, 1.165) is 16.1 Å². The molecule has 0 saturated carbocycles. The van der Waals surface area contributed by atoms with Crippen LogP contribution >= 0.6 is 34.7 Å². The number of nitrogens with two attached hydrogens (primary N) is 1. The van der Waals surface area contributed by atoms with Gasteiger partial charge in [-0.2, -0.15) is 0 Å². The van der Waals surface area contributed by atoms with Crippen molar-refractivity contribution in [1.29, 1.82) is 0 Å². The van der Waals surface area contributed by atoms with Gasteiger partial charge in [0.1, 0.15) is 0 Å². The third-order valence-electron chi connectivity index (χ3n) is 2.49. The SMILES string of the molecule is Cc1nnsc1C(N)Cc1cccc(Cl)c1Cl. The summed E-state index contributed by atoms with van der Waals surface area (Å²) in [6.07, 6.45) is 0.629. The molecule has 1 aromatic heterocycles. The van der Waals surface area contributed by atoms with Crippen molar-refractivity contribution in [2.24, 2.45) is 5.73 Å². The van der Waals surface area contributed by atoms with Gasteiger partial charge in [0.05, 0.1) is 20.6 Å². The average Bonchev–Trinajstić information content (AvgIpc) is 2.71. The number of hydrogen-bond acceptors (Lipinski definition) is 4. The monoisotopic (exact) mass is 287 g/mol. The van der Waals surface area contributed by atoms with Gasteiger partial charge in [-0.05, 0) is 36.5 Å². The Bertz CT molecular complexity index is 527. The van der Waals surface area contributed by atoms with Crippen molar-refractivity contribution in [2.45, 2.75) is 19.4 Å². The quantitative estimate of drug-likeness (QED) is 0.941. The van der Waals surface area contributed by atoms with E-state index < -0.39 is 0 Å². The summed E-state index contributed by atoms with van der Waals surface area (Å²) in [6, 6.07) is 5.41. The smallest absolute Gasteiger partial charge is 0.0772 e. The Balaban J connectivity index is 2.22. The number of benzene rings is 1. The van der Waals surface area contributed by atoms with Gasteiger partial charge >= 0.3 is 0 Å². The van der Waals surface area contributed by atoms with Crippen LogP contribution in [0.25, 0.3) is 0 Å². The molecule has 2 N–H and O–H groups in total. The van der Waals surface area contributed by atoms with Crippen molar-refractivity contribution in [1.82, 2.24) is 9.59 Å². The van der Waals surface area contributed by atoms with Crippen molar-refractivity contribution < 1.29 is 0 Å². The van der Waals surface area contributed by atoms with Crippen LogP contribution in [0.1, 0.15) is 22.2 Å². The number of rotatable bonds is 3. The highest BCUT2D eigenvalue weighted by Gasteiger charge is 2.15. The van der Waals surface area contributed by atoms with Crippen LogP contribution < -0.4 is 5.73 Å². The van der Waals surface area contributed by atoms with Crippen molar-refractivity contribution in [3.63, 3.8) is 0 Å². The highest BCUT2D eigenvalue weighted by atomic mass is 35.5. The average molecular weight is 288 g/mol. The molecule has 0 fully saturated rings. The lowest BCUT2D eigenvalue weighted by Gasteiger charge is -2.11. The molecule has 3 nitrogen and oxygen atoms in total. The number of aryl methyl sites for hydroxylation is 1. The molecule has 1 atom stereocenters. The Morgan fingerprint density at radius 3 is 2.82 bits per heavy atom. The van der Waals surface area contributed by atoms with Gasteiger partial charge in [0.15, 0.2) is 0 Å². The summed E-state index contributed by atoms with van der Waals surface area (Å²) in [5, 5.41) is 5.07.